The highest BCUT2D eigenvalue weighted by atomic mass is 31.2. The summed E-state index contributed by atoms with van der Waals surface area (Å²) in [7, 11) is -2.88. The molecule has 0 spiro atoms. The van der Waals surface area contributed by atoms with Crippen molar-refractivity contribution in [3.05, 3.63) is 138 Å². The highest BCUT2D eigenvalue weighted by molar-refractivity contribution is 7.73. The van der Waals surface area contributed by atoms with E-state index in [1.165, 1.54) is 16.7 Å². The lowest BCUT2D eigenvalue weighted by Crippen LogP contribution is -2.30. The predicted molar refractivity (Wildman–Crippen MR) is 130 cm³/mol. The van der Waals surface area contributed by atoms with E-state index in [4.69, 9.17) is 0 Å². The molecule has 0 aliphatic carbocycles. The van der Waals surface area contributed by atoms with E-state index in [2.05, 4.69) is 97.1 Å². The molecular formula is C29H27OP. The molecule has 0 amide bonds. The second-order valence-corrected chi connectivity index (χ2v) is 11.8. The van der Waals surface area contributed by atoms with Crippen molar-refractivity contribution in [2.45, 2.75) is 30.1 Å². The van der Waals surface area contributed by atoms with E-state index in [1.54, 1.807) is 0 Å². The maximum absolute atomic E-state index is 15.6. The van der Waals surface area contributed by atoms with Gasteiger partial charge in [-0.15, -0.1) is 0 Å². The van der Waals surface area contributed by atoms with Gasteiger partial charge >= 0.3 is 0 Å². The molecule has 0 saturated carbocycles. The molecule has 1 saturated heterocycles. The van der Waals surface area contributed by atoms with Crippen LogP contribution in [0.5, 0.6) is 0 Å². The standard InChI is InChI=1S/C29H27OP/c30-31(27-19-11-4-12-20-27)28(25-15-7-2-8-16-25)21-22-29(31,26-17-9-3-10-18-26)23-24-13-5-1-6-14-24/h1-20,28H,21-23H2/t28-,29-,31?/m0/s1. The third-order valence-electron chi connectivity index (χ3n) is 6.88. The Hall–Kier alpha value is -2.89. The van der Waals surface area contributed by atoms with Gasteiger partial charge < -0.3 is 4.57 Å². The molecule has 0 aromatic heterocycles. The Balaban J connectivity index is 1.77. The first kappa shape index (κ1) is 20.0. The van der Waals surface area contributed by atoms with Crippen molar-refractivity contribution in [2.75, 3.05) is 0 Å². The minimum absolute atomic E-state index is 0.0278. The summed E-state index contributed by atoms with van der Waals surface area (Å²) in [4.78, 5) is 0. The van der Waals surface area contributed by atoms with Gasteiger partial charge in [0.15, 0.2) is 0 Å². The van der Waals surface area contributed by atoms with Crippen molar-refractivity contribution in [2.24, 2.45) is 0 Å². The third kappa shape index (κ3) is 3.38. The fourth-order valence-corrected chi connectivity index (χ4v) is 10.0. The molecule has 2 heteroatoms. The molecular weight excluding hydrogens is 395 g/mol. The van der Waals surface area contributed by atoms with Crippen LogP contribution in [0, 0.1) is 0 Å². The normalized spacial score (nSPS) is 25.4. The van der Waals surface area contributed by atoms with Crippen molar-refractivity contribution in [1.29, 1.82) is 0 Å². The molecule has 0 N–H and O–H groups in total. The second kappa shape index (κ2) is 8.33. The van der Waals surface area contributed by atoms with E-state index in [0.717, 1.165) is 24.6 Å². The van der Waals surface area contributed by atoms with Gasteiger partial charge in [0.2, 0.25) is 0 Å². The van der Waals surface area contributed by atoms with Crippen LogP contribution in [0.15, 0.2) is 121 Å². The second-order valence-electron chi connectivity index (χ2n) is 8.52. The molecule has 1 fully saturated rings. The monoisotopic (exact) mass is 422 g/mol. The molecule has 1 aliphatic rings. The van der Waals surface area contributed by atoms with Crippen LogP contribution < -0.4 is 5.30 Å². The van der Waals surface area contributed by atoms with E-state index in [9.17, 15) is 0 Å². The summed E-state index contributed by atoms with van der Waals surface area (Å²) in [5.74, 6) is 0. The lowest BCUT2D eigenvalue weighted by atomic mass is 9.86. The molecule has 154 valence electrons. The van der Waals surface area contributed by atoms with Crippen molar-refractivity contribution < 1.29 is 4.57 Å². The predicted octanol–water partition coefficient (Wildman–Crippen LogP) is 7.35. The van der Waals surface area contributed by atoms with Crippen LogP contribution in [-0.4, -0.2) is 0 Å². The molecule has 31 heavy (non-hydrogen) atoms. The molecule has 0 bridgehead atoms. The van der Waals surface area contributed by atoms with Crippen molar-refractivity contribution >= 4 is 12.4 Å². The van der Waals surface area contributed by atoms with E-state index in [0.29, 0.717) is 0 Å². The van der Waals surface area contributed by atoms with Crippen LogP contribution in [0.3, 0.4) is 0 Å². The highest BCUT2D eigenvalue weighted by Crippen LogP contribution is 2.79. The number of hydrogen-bond donors (Lipinski definition) is 0. The molecule has 1 nitrogen and oxygen atoms in total. The van der Waals surface area contributed by atoms with Gasteiger partial charge in [-0.2, -0.15) is 0 Å². The Labute approximate surface area is 185 Å². The summed E-state index contributed by atoms with van der Waals surface area (Å²) < 4.78 is 15.6. The summed E-state index contributed by atoms with van der Waals surface area (Å²) >= 11 is 0. The van der Waals surface area contributed by atoms with Gasteiger partial charge in [0.25, 0.3) is 0 Å². The largest absolute Gasteiger partial charge is 0.317 e. The first-order valence-corrected chi connectivity index (χ1v) is 12.8. The zero-order chi connectivity index (χ0) is 21.2. The van der Waals surface area contributed by atoms with Crippen LogP contribution in [0.25, 0.3) is 0 Å². The fraction of sp³-hybridized carbons (Fsp3) is 0.172. The summed E-state index contributed by atoms with van der Waals surface area (Å²) in [6.45, 7) is 0. The fourth-order valence-electron chi connectivity index (χ4n) is 5.48. The average molecular weight is 423 g/mol. The maximum atomic E-state index is 15.6. The van der Waals surface area contributed by atoms with Crippen LogP contribution >= 0.6 is 7.14 Å². The SMILES string of the molecule is O=P1(c2ccccc2)[C@H](c2ccccc2)CC[C@]1(Cc1ccccc1)c1ccccc1. The lowest BCUT2D eigenvalue weighted by Gasteiger charge is -2.39. The summed E-state index contributed by atoms with van der Waals surface area (Å²) in [6.07, 6.45) is 2.63. The van der Waals surface area contributed by atoms with Crippen LogP contribution in [0.2, 0.25) is 0 Å². The third-order valence-corrected chi connectivity index (χ3v) is 11.3. The van der Waals surface area contributed by atoms with Crippen molar-refractivity contribution in [1.82, 2.24) is 0 Å². The minimum Gasteiger partial charge on any atom is -0.317 e. The van der Waals surface area contributed by atoms with Crippen LogP contribution in [0.4, 0.5) is 0 Å². The topological polar surface area (TPSA) is 17.1 Å². The smallest absolute Gasteiger partial charge is 0.133 e. The van der Waals surface area contributed by atoms with E-state index < -0.39 is 12.3 Å². The highest BCUT2D eigenvalue weighted by Gasteiger charge is 2.58. The van der Waals surface area contributed by atoms with Gasteiger partial charge in [0, 0.05) is 11.0 Å². The Morgan fingerprint density at radius 2 is 1.19 bits per heavy atom. The minimum atomic E-state index is -2.88. The average Bonchev–Trinajstić information content (AvgIpc) is 3.15. The van der Waals surface area contributed by atoms with Gasteiger partial charge in [0.05, 0.1) is 5.16 Å². The van der Waals surface area contributed by atoms with Crippen molar-refractivity contribution in [3.63, 3.8) is 0 Å². The van der Waals surface area contributed by atoms with Gasteiger partial charge in [-0.1, -0.05) is 121 Å². The Morgan fingerprint density at radius 1 is 0.677 bits per heavy atom. The molecule has 3 atom stereocenters. The zero-order valence-electron chi connectivity index (χ0n) is 17.6. The Bertz CT molecular complexity index is 1170. The summed E-state index contributed by atoms with van der Waals surface area (Å²) in [5, 5.41) is 0.582. The molecule has 5 rings (SSSR count). The van der Waals surface area contributed by atoms with Gasteiger partial charge in [-0.3, -0.25) is 0 Å². The molecule has 4 aromatic carbocycles. The molecule has 1 unspecified atom stereocenters. The summed E-state index contributed by atoms with van der Waals surface area (Å²) in [6, 6.07) is 42.0. The molecule has 1 heterocycles. The van der Waals surface area contributed by atoms with Gasteiger partial charge in [0.1, 0.15) is 7.14 Å². The quantitative estimate of drug-likeness (QED) is 0.307. The first-order chi connectivity index (χ1) is 15.2. The zero-order valence-corrected chi connectivity index (χ0v) is 18.5. The number of benzene rings is 4. The number of rotatable bonds is 5. The van der Waals surface area contributed by atoms with Crippen LogP contribution in [0.1, 0.15) is 35.2 Å². The maximum Gasteiger partial charge on any atom is 0.133 e. The van der Waals surface area contributed by atoms with E-state index in [-0.39, 0.29) is 5.66 Å². The molecule has 4 aromatic rings. The van der Waals surface area contributed by atoms with Crippen LogP contribution in [-0.2, 0) is 16.1 Å². The number of hydrogen-bond acceptors (Lipinski definition) is 1. The Kier molecular flexibility index (Phi) is 5.38. The van der Waals surface area contributed by atoms with Gasteiger partial charge in [-0.25, -0.2) is 0 Å². The lowest BCUT2D eigenvalue weighted by molar-refractivity contribution is 0.522. The van der Waals surface area contributed by atoms with Gasteiger partial charge in [-0.05, 0) is 36.0 Å². The van der Waals surface area contributed by atoms with Crippen molar-refractivity contribution in [3.8, 4) is 0 Å². The summed E-state index contributed by atoms with van der Waals surface area (Å²) in [5.41, 5.74) is 3.67. The Morgan fingerprint density at radius 3 is 1.81 bits per heavy atom. The first-order valence-electron chi connectivity index (χ1n) is 11.0. The molecule has 1 aliphatic heterocycles. The molecule has 0 radical (unpaired) electrons. The van der Waals surface area contributed by atoms with E-state index >= 15 is 4.57 Å². The van der Waals surface area contributed by atoms with E-state index in [1.807, 2.05) is 24.3 Å².